The fraction of sp³-hybridized carbons (Fsp3) is 1.00. The Bertz CT molecular complexity index is 579. The first-order chi connectivity index (χ1) is 24.4. The summed E-state index contributed by atoms with van der Waals surface area (Å²) in [7, 11) is 0. The maximum absolute atomic E-state index is 2.42. The molecular weight excluding hydrogens is 589 g/mol. The minimum Gasteiger partial charge on any atom is -0.0654 e. The topological polar surface area (TPSA) is 0 Å². The molecule has 0 spiro atoms. The van der Waals surface area contributed by atoms with Crippen LogP contribution in [0.2, 0.25) is 0 Å². The summed E-state index contributed by atoms with van der Waals surface area (Å²) in [6.07, 6.45) is 67.4. The van der Waals surface area contributed by atoms with Gasteiger partial charge in [0.15, 0.2) is 0 Å². The summed E-state index contributed by atoms with van der Waals surface area (Å²) in [6, 6.07) is 0. The van der Waals surface area contributed by atoms with E-state index in [1.54, 1.807) is 0 Å². The standard InChI is InChI=1S/C49H98/c1-3-5-6-7-8-9-27-31-34-38-45-49-46-39-35-32-29-26-24-22-20-18-16-14-12-10-11-13-15-17-19-21-23-25-28-30-33-37-43-48(42-4-2)44-40-36-41-47-49/h48-49H,3-47H2,1-2H3. The van der Waals surface area contributed by atoms with Gasteiger partial charge in [0.25, 0.3) is 0 Å². The summed E-state index contributed by atoms with van der Waals surface area (Å²) < 4.78 is 0. The van der Waals surface area contributed by atoms with Crippen molar-refractivity contribution in [2.45, 2.75) is 303 Å². The highest BCUT2D eigenvalue weighted by Crippen LogP contribution is 2.27. The maximum atomic E-state index is 2.42. The summed E-state index contributed by atoms with van der Waals surface area (Å²) in [4.78, 5) is 0. The second kappa shape index (κ2) is 40.8. The van der Waals surface area contributed by atoms with Gasteiger partial charge in [0.1, 0.15) is 0 Å². The van der Waals surface area contributed by atoms with Gasteiger partial charge in [-0.25, -0.2) is 0 Å². The lowest BCUT2D eigenvalue weighted by Crippen LogP contribution is -2.03. The zero-order valence-corrected chi connectivity index (χ0v) is 35.0. The van der Waals surface area contributed by atoms with Crippen molar-refractivity contribution in [2.24, 2.45) is 11.8 Å². The van der Waals surface area contributed by atoms with Gasteiger partial charge in [-0.2, -0.15) is 0 Å². The average Bonchev–Trinajstić information content (AvgIpc) is 3.11. The molecule has 1 rings (SSSR count). The molecule has 0 nitrogen and oxygen atoms in total. The monoisotopic (exact) mass is 687 g/mol. The molecule has 2 unspecified atom stereocenters. The van der Waals surface area contributed by atoms with Crippen molar-refractivity contribution in [1.29, 1.82) is 0 Å². The summed E-state index contributed by atoms with van der Waals surface area (Å²) in [6.45, 7) is 4.75. The van der Waals surface area contributed by atoms with E-state index in [1.807, 2.05) is 0 Å². The molecule has 1 aliphatic carbocycles. The minimum atomic E-state index is 1.02. The number of hydrogen-bond donors (Lipinski definition) is 0. The second-order valence-corrected chi connectivity index (χ2v) is 17.5. The Balaban J connectivity index is 2.37. The molecular formula is C49H98. The molecule has 2 atom stereocenters. The molecule has 0 bridgehead atoms. The van der Waals surface area contributed by atoms with Crippen LogP contribution in [-0.4, -0.2) is 0 Å². The van der Waals surface area contributed by atoms with Gasteiger partial charge in [-0.15, -0.1) is 0 Å². The Hall–Kier alpha value is 0. The van der Waals surface area contributed by atoms with Gasteiger partial charge >= 0.3 is 0 Å². The average molecular weight is 687 g/mol. The van der Waals surface area contributed by atoms with Crippen LogP contribution in [0.3, 0.4) is 0 Å². The van der Waals surface area contributed by atoms with Crippen LogP contribution in [-0.2, 0) is 0 Å². The molecule has 0 aromatic rings. The van der Waals surface area contributed by atoms with Gasteiger partial charge in [-0.3, -0.25) is 0 Å². The Morgan fingerprint density at radius 1 is 0.224 bits per heavy atom. The lowest BCUT2D eigenvalue weighted by molar-refractivity contribution is 0.350. The molecule has 0 aromatic heterocycles. The predicted molar refractivity (Wildman–Crippen MR) is 226 cm³/mol. The quantitative estimate of drug-likeness (QED) is 0.169. The third-order valence-electron chi connectivity index (χ3n) is 12.6. The van der Waals surface area contributed by atoms with E-state index in [2.05, 4.69) is 13.8 Å². The van der Waals surface area contributed by atoms with Gasteiger partial charge in [-0.05, 0) is 11.8 Å². The van der Waals surface area contributed by atoms with E-state index in [-0.39, 0.29) is 0 Å². The molecule has 0 heterocycles. The minimum absolute atomic E-state index is 1.02. The molecule has 0 heteroatoms. The van der Waals surface area contributed by atoms with Crippen LogP contribution in [0.1, 0.15) is 303 Å². The lowest BCUT2D eigenvalue weighted by Gasteiger charge is -2.18. The highest BCUT2D eigenvalue weighted by atomic mass is 14.2. The van der Waals surface area contributed by atoms with Gasteiger partial charge in [0.05, 0.1) is 0 Å². The van der Waals surface area contributed by atoms with Crippen molar-refractivity contribution in [3.05, 3.63) is 0 Å². The fourth-order valence-corrected chi connectivity index (χ4v) is 9.17. The summed E-state index contributed by atoms with van der Waals surface area (Å²) in [5, 5.41) is 0. The first-order valence-corrected chi connectivity index (χ1v) is 24.4. The number of rotatable bonds is 13. The summed E-state index contributed by atoms with van der Waals surface area (Å²) in [5.41, 5.74) is 0. The van der Waals surface area contributed by atoms with Crippen LogP contribution in [0.5, 0.6) is 0 Å². The molecule has 49 heavy (non-hydrogen) atoms. The first kappa shape index (κ1) is 47.0. The Morgan fingerprint density at radius 2 is 0.449 bits per heavy atom. The first-order valence-electron chi connectivity index (χ1n) is 24.4. The molecule has 0 saturated heterocycles. The largest absolute Gasteiger partial charge is 0.0654 e. The van der Waals surface area contributed by atoms with Crippen LogP contribution >= 0.6 is 0 Å². The molecule has 0 radical (unpaired) electrons. The lowest BCUT2D eigenvalue weighted by atomic mass is 9.88. The van der Waals surface area contributed by atoms with Crippen LogP contribution < -0.4 is 0 Å². The molecule has 0 aromatic carbocycles. The highest BCUT2D eigenvalue weighted by molar-refractivity contribution is 4.65. The van der Waals surface area contributed by atoms with E-state index in [9.17, 15) is 0 Å². The normalized spacial score (nSPS) is 23.4. The van der Waals surface area contributed by atoms with E-state index in [0.717, 1.165) is 11.8 Å². The van der Waals surface area contributed by atoms with Crippen LogP contribution in [0, 0.1) is 11.8 Å². The molecule has 1 fully saturated rings. The van der Waals surface area contributed by atoms with Crippen molar-refractivity contribution >= 4 is 0 Å². The fourth-order valence-electron chi connectivity index (χ4n) is 9.17. The third kappa shape index (κ3) is 36.2. The molecule has 294 valence electrons. The highest BCUT2D eigenvalue weighted by Gasteiger charge is 2.11. The zero-order valence-electron chi connectivity index (χ0n) is 35.0. The van der Waals surface area contributed by atoms with Crippen LogP contribution in [0.4, 0.5) is 0 Å². The Kier molecular flexibility index (Phi) is 39.1. The SMILES string of the molecule is CCCCCCCCCCCCC1CCCCCCCCCCCCCCCCCCCCCCCCCCCC(CCC)CCCCC1. The molecule has 0 aliphatic heterocycles. The van der Waals surface area contributed by atoms with E-state index in [0.29, 0.717) is 0 Å². The third-order valence-corrected chi connectivity index (χ3v) is 12.6. The van der Waals surface area contributed by atoms with Crippen molar-refractivity contribution in [3.8, 4) is 0 Å². The number of unbranched alkanes of at least 4 members (excludes halogenated alkanes) is 9. The summed E-state index contributed by atoms with van der Waals surface area (Å²) in [5.74, 6) is 2.05. The predicted octanol–water partition coefficient (Wildman–Crippen LogP) is 18.8. The van der Waals surface area contributed by atoms with Crippen molar-refractivity contribution in [2.75, 3.05) is 0 Å². The smallest absolute Gasteiger partial charge is 0.0414 e. The maximum Gasteiger partial charge on any atom is -0.0414 e. The zero-order chi connectivity index (χ0) is 35.0. The van der Waals surface area contributed by atoms with Crippen LogP contribution in [0.25, 0.3) is 0 Å². The van der Waals surface area contributed by atoms with Gasteiger partial charge < -0.3 is 0 Å². The van der Waals surface area contributed by atoms with Gasteiger partial charge in [0, 0.05) is 0 Å². The molecule has 1 aliphatic rings. The van der Waals surface area contributed by atoms with Crippen molar-refractivity contribution < 1.29 is 0 Å². The number of hydrogen-bond acceptors (Lipinski definition) is 0. The van der Waals surface area contributed by atoms with E-state index in [1.165, 1.54) is 289 Å². The van der Waals surface area contributed by atoms with E-state index < -0.39 is 0 Å². The van der Waals surface area contributed by atoms with E-state index >= 15 is 0 Å². The van der Waals surface area contributed by atoms with Crippen molar-refractivity contribution in [3.63, 3.8) is 0 Å². The van der Waals surface area contributed by atoms with Crippen LogP contribution in [0.15, 0.2) is 0 Å². The van der Waals surface area contributed by atoms with Gasteiger partial charge in [0.2, 0.25) is 0 Å². The van der Waals surface area contributed by atoms with Gasteiger partial charge in [-0.1, -0.05) is 303 Å². The van der Waals surface area contributed by atoms with Crippen molar-refractivity contribution in [1.82, 2.24) is 0 Å². The molecule has 0 N–H and O–H groups in total. The summed E-state index contributed by atoms with van der Waals surface area (Å²) >= 11 is 0. The second-order valence-electron chi connectivity index (χ2n) is 17.5. The molecule has 0 amide bonds. The molecule has 1 saturated carbocycles. The Labute approximate surface area is 313 Å². The van der Waals surface area contributed by atoms with E-state index in [4.69, 9.17) is 0 Å². The Morgan fingerprint density at radius 3 is 0.735 bits per heavy atom.